The lowest BCUT2D eigenvalue weighted by Gasteiger charge is -2.37. The summed E-state index contributed by atoms with van der Waals surface area (Å²) >= 11 is 0. The average molecular weight is 402 g/mol. The van der Waals surface area contributed by atoms with Crippen LogP contribution in [0.3, 0.4) is 0 Å². The summed E-state index contributed by atoms with van der Waals surface area (Å²) in [7, 11) is 0. The fourth-order valence-electron chi connectivity index (χ4n) is 4.75. The van der Waals surface area contributed by atoms with Crippen LogP contribution in [0.1, 0.15) is 59.2 Å². The van der Waals surface area contributed by atoms with Gasteiger partial charge < -0.3 is 9.47 Å². The topological polar surface area (TPSA) is 38.8 Å². The van der Waals surface area contributed by atoms with Gasteiger partial charge in [-0.3, -0.25) is 9.69 Å². The third kappa shape index (κ3) is 3.56. The van der Waals surface area contributed by atoms with Crippen molar-refractivity contribution in [1.82, 2.24) is 4.90 Å². The molecule has 4 nitrogen and oxygen atoms in total. The maximum atomic E-state index is 13.0. The highest BCUT2D eigenvalue weighted by molar-refractivity contribution is 6.14. The molecule has 30 heavy (non-hydrogen) atoms. The zero-order valence-electron chi connectivity index (χ0n) is 17.4. The fraction of sp³-hybridized carbons (Fsp3) is 0.346. The van der Waals surface area contributed by atoms with Crippen molar-refractivity contribution < 1.29 is 14.3 Å². The van der Waals surface area contributed by atoms with E-state index >= 15 is 0 Å². The summed E-state index contributed by atoms with van der Waals surface area (Å²) < 4.78 is 12.2. The second kappa shape index (κ2) is 8.11. The van der Waals surface area contributed by atoms with Crippen LogP contribution < -0.4 is 9.47 Å². The SMILES string of the molecule is Cc1cc2c(c3c1C(=O)/C(=C/C=C/c1ccccc1)O3)CN(C1CCCCC1)CO2. The van der Waals surface area contributed by atoms with E-state index in [0.717, 1.165) is 29.0 Å². The monoisotopic (exact) mass is 401 g/mol. The standard InChI is InChI=1S/C26H27NO3/c1-18-15-23-21(16-27(17-29-23)20-12-6-3-7-13-20)26-24(18)25(28)22(30-26)14-8-11-19-9-4-2-5-10-19/h2,4-5,8-11,14-15,20H,3,6-7,12-13,16-17H2,1H3/b11-8+,22-14-. The van der Waals surface area contributed by atoms with Crippen LogP contribution in [0.15, 0.2) is 54.3 Å². The number of aryl methyl sites for hydroxylation is 1. The van der Waals surface area contributed by atoms with Crippen LogP contribution in [0.5, 0.6) is 11.5 Å². The summed E-state index contributed by atoms with van der Waals surface area (Å²) in [6, 6.07) is 12.6. The van der Waals surface area contributed by atoms with Gasteiger partial charge in [0, 0.05) is 12.6 Å². The zero-order chi connectivity index (χ0) is 20.5. The minimum Gasteiger partial charge on any atom is -0.478 e. The number of hydrogen-bond donors (Lipinski definition) is 0. The van der Waals surface area contributed by atoms with Gasteiger partial charge in [0.15, 0.2) is 5.76 Å². The minimum absolute atomic E-state index is 0.0437. The van der Waals surface area contributed by atoms with Gasteiger partial charge in [0.2, 0.25) is 5.78 Å². The number of rotatable bonds is 3. The number of carbonyl (C=O) groups excluding carboxylic acids is 1. The predicted molar refractivity (Wildman–Crippen MR) is 118 cm³/mol. The van der Waals surface area contributed by atoms with Crippen molar-refractivity contribution >= 4 is 11.9 Å². The molecule has 1 fully saturated rings. The normalized spacial score (nSPS) is 20.8. The highest BCUT2D eigenvalue weighted by Crippen LogP contribution is 2.44. The van der Waals surface area contributed by atoms with Gasteiger partial charge in [-0.15, -0.1) is 0 Å². The first-order valence-corrected chi connectivity index (χ1v) is 10.9. The van der Waals surface area contributed by atoms with Crippen LogP contribution in [0.4, 0.5) is 0 Å². The Kier molecular flexibility index (Phi) is 5.17. The first kappa shape index (κ1) is 19.1. The Morgan fingerprint density at radius 3 is 2.70 bits per heavy atom. The Balaban J connectivity index is 1.42. The van der Waals surface area contributed by atoms with E-state index in [4.69, 9.17) is 9.47 Å². The number of Topliss-reactive ketones (excluding diaryl/α,β-unsaturated/α-hetero) is 1. The lowest BCUT2D eigenvalue weighted by Crippen LogP contribution is -2.41. The number of nitrogens with zero attached hydrogens (tertiary/aromatic N) is 1. The van der Waals surface area contributed by atoms with Gasteiger partial charge in [0.05, 0.1) is 11.1 Å². The van der Waals surface area contributed by atoms with Gasteiger partial charge >= 0.3 is 0 Å². The molecule has 0 spiro atoms. The molecule has 3 aliphatic rings. The number of fused-ring (bicyclic) bond motifs is 3. The van der Waals surface area contributed by atoms with Crippen molar-refractivity contribution in [3.05, 3.63) is 76.6 Å². The molecule has 0 aromatic heterocycles. The van der Waals surface area contributed by atoms with E-state index < -0.39 is 0 Å². The molecule has 4 heteroatoms. The van der Waals surface area contributed by atoms with Crippen molar-refractivity contribution in [3.63, 3.8) is 0 Å². The Morgan fingerprint density at radius 1 is 1.10 bits per heavy atom. The molecule has 0 atom stereocenters. The number of benzene rings is 2. The maximum absolute atomic E-state index is 13.0. The lowest BCUT2D eigenvalue weighted by atomic mass is 9.93. The van der Waals surface area contributed by atoms with E-state index in [1.807, 2.05) is 55.5 Å². The quantitative estimate of drug-likeness (QED) is 0.623. The molecular formula is C26H27NO3. The molecule has 0 saturated heterocycles. The predicted octanol–water partition coefficient (Wildman–Crippen LogP) is 5.65. The van der Waals surface area contributed by atoms with Crippen molar-refractivity contribution in [2.75, 3.05) is 6.73 Å². The molecule has 0 amide bonds. The summed E-state index contributed by atoms with van der Waals surface area (Å²) in [5.74, 6) is 1.88. The van der Waals surface area contributed by atoms with Crippen molar-refractivity contribution in [2.24, 2.45) is 0 Å². The molecule has 2 aromatic carbocycles. The Morgan fingerprint density at radius 2 is 1.90 bits per heavy atom. The lowest BCUT2D eigenvalue weighted by molar-refractivity contribution is 0.0393. The summed E-state index contributed by atoms with van der Waals surface area (Å²) in [5, 5.41) is 0. The first-order valence-electron chi connectivity index (χ1n) is 10.9. The molecule has 2 aromatic rings. The fourth-order valence-corrected chi connectivity index (χ4v) is 4.75. The van der Waals surface area contributed by atoms with E-state index in [9.17, 15) is 4.79 Å². The van der Waals surface area contributed by atoms with Crippen LogP contribution in [0.25, 0.3) is 6.08 Å². The third-order valence-corrected chi connectivity index (χ3v) is 6.38. The van der Waals surface area contributed by atoms with E-state index in [2.05, 4.69) is 4.90 Å². The first-order chi connectivity index (χ1) is 14.7. The number of hydrogen-bond acceptors (Lipinski definition) is 4. The van der Waals surface area contributed by atoms with Gasteiger partial charge in [0.25, 0.3) is 0 Å². The Hall–Kier alpha value is -2.85. The van der Waals surface area contributed by atoms with Gasteiger partial charge in [-0.25, -0.2) is 0 Å². The minimum atomic E-state index is -0.0437. The van der Waals surface area contributed by atoms with E-state index in [1.54, 1.807) is 6.08 Å². The second-order valence-corrected chi connectivity index (χ2v) is 8.42. The molecule has 154 valence electrons. The van der Waals surface area contributed by atoms with Crippen molar-refractivity contribution in [1.29, 1.82) is 0 Å². The third-order valence-electron chi connectivity index (χ3n) is 6.38. The maximum Gasteiger partial charge on any atom is 0.232 e. The van der Waals surface area contributed by atoms with Crippen LogP contribution in [0, 0.1) is 6.92 Å². The van der Waals surface area contributed by atoms with Crippen LogP contribution in [0.2, 0.25) is 0 Å². The summed E-state index contributed by atoms with van der Waals surface area (Å²) in [6.45, 7) is 3.36. The Bertz CT molecular complexity index is 1020. The van der Waals surface area contributed by atoms with Gasteiger partial charge in [-0.1, -0.05) is 61.7 Å². The van der Waals surface area contributed by atoms with Gasteiger partial charge in [-0.2, -0.15) is 0 Å². The van der Waals surface area contributed by atoms with Gasteiger partial charge in [-0.05, 0) is 43.0 Å². The highest BCUT2D eigenvalue weighted by atomic mass is 16.5. The molecule has 5 rings (SSSR count). The smallest absolute Gasteiger partial charge is 0.232 e. The van der Waals surface area contributed by atoms with Crippen LogP contribution in [-0.4, -0.2) is 23.5 Å². The molecule has 2 aliphatic heterocycles. The van der Waals surface area contributed by atoms with Crippen molar-refractivity contribution in [2.45, 2.75) is 51.6 Å². The molecule has 1 saturated carbocycles. The molecule has 0 bridgehead atoms. The number of ether oxygens (including phenoxy) is 2. The highest BCUT2D eigenvalue weighted by Gasteiger charge is 2.36. The molecule has 0 unspecified atom stereocenters. The zero-order valence-corrected chi connectivity index (χ0v) is 17.4. The van der Waals surface area contributed by atoms with E-state index in [1.165, 1.54) is 32.1 Å². The molecule has 0 N–H and O–H groups in total. The molecule has 1 aliphatic carbocycles. The largest absolute Gasteiger partial charge is 0.478 e. The molecule has 2 heterocycles. The molecule has 0 radical (unpaired) electrons. The van der Waals surface area contributed by atoms with Crippen molar-refractivity contribution in [3.8, 4) is 11.5 Å². The van der Waals surface area contributed by atoms with E-state index in [-0.39, 0.29) is 5.78 Å². The summed E-state index contributed by atoms with van der Waals surface area (Å²) in [5.41, 5.74) is 3.69. The number of ketones is 1. The van der Waals surface area contributed by atoms with Gasteiger partial charge in [0.1, 0.15) is 18.2 Å². The average Bonchev–Trinajstić information content (AvgIpc) is 3.12. The number of carbonyl (C=O) groups is 1. The summed E-state index contributed by atoms with van der Waals surface area (Å²) in [4.78, 5) is 15.5. The van der Waals surface area contributed by atoms with E-state index in [0.29, 0.717) is 29.8 Å². The van der Waals surface area contributed by atoms with Crippen LogP contribution in [-0.2, 0) is 6.54 Å². The Labute approximate surface area is 177 Å². The summed E-state index contributed by atoms with van der Waals surface area (Å²) in [6.07, 6.45) is 12.0. The number of allylic oxidation sites excluding steroid dienone is 3. The second-order valence-electron chi connectivity index (χ2n) is 8.42. The van der Waals surface area contributed by atoms with Crippen LogP contribution >= 0.6 is 0 Å². The molecular weight excluding hydrogens is 374 g/mol.